The molecule has 0 aromatic carbocycles. The van der Waals surface area contributed by atoms with Crippen molar-refractivity contribution in [2.45, 2.75) is 26.2 Å². The fourth-order valence-electron chi connectivity index (χ4n) is 2.05. The molecule has 0 spiro atoms. The van der Waals surface area contributed by atoms with Crippen LogP contribution in [0.5, 0.6) is 0 Å². The summed E-state index contributed by atoms with van der Waals surface area (Å²) in [7, 11) is 0. The standard InChI is InChI=1S/C13H15NO3S/c1-8-6-11(18-12(8)13(16)17)14-10(15)7-9-4-2-3-5-9/h2,4,6,9H,3,5,7H2,1H3,(H,14,15)(H,16,17). The van der Waals surface area contributed by atoms with Crippen molar-refractivity contribution in [1.82, 2.24) is 0 Å². The van der Waals surface area contributed by atoms with Gasteiger partial charge in [-0.15, -0.1) is 11.3 Å². The Morgan fingerprint density at radius 3 is 2.89 bits per heavy atom. The van der Waals surface area contributed by atoms with Crippen LogP contribution < -0.4 is 5.32 Å². The molecule has 0 radical (unpaired) electrons. The van der Waals surface area contributed by atoms with Crippen LogP contribution in [0.15, 0.2) is 18.2 Å². The first kappa shape index (κ1) is 12.8. The number of allylic oxidation sites excluding steroid dienone is 2. The Morgan fingerprint density at radius 1 is 1.56 bits per heavy atom. The van der Waals surface area contributed by atoms with Crippen molar-refractivity contribution in [3.63, 3.8) is 0 Å². The van der Waals surface area contributed by atoms with Crippen LogP contribution in [0.2, 0.25) is 0 Å². The molecule has 0 aliphatic heterocycles. The van der Waals surface area contributed by atoms with E-state index in [-0.39, 0.29) is 10.8 Å². The Hall–Kier alpha value is -1.62. The smallest absolute Gasteiger partial charge is 0.346 e. The molecule has 1 aliphatic rings. The fourth-order valence-corrected chi connectivity index (χ4v) is 2.98. The summed E-state index contributed by atoms with van der Waals surface area (Å²) in [6, 6.07) is 1.70. The second kappa shape index (κ2) is 5.35. The number of rotatable bonds is 4. The van der Waals surface area contributed by atoms with E-state index in [4.69, 9.17) is 5.11 Å². The van der Waals surface area contributed by atoms with E-state index in [0.717, 1.165) is 24.2 Å². The number of carbonyl (C=O) groups is 2. The first-order valence-corrected chi connectivity index (χ1v) is 6.68. The van der Waals surface area contributed by atoms with Gasteiger partial charge in [0.05, 0.1) is 5.00 Å². The van der Waals surface area contributed by atoms with E-state index in [9.17, 15) is 9.59 Å². The normalized spacial score (nSPS) is 17.9. The Balaban J connectivity index is 1.96. The number of hydrogen-bond donors (Lipinski definition) is 2. The number of carboxylic acid groups (broad SMARTS) is 1. The van der Waals surface area contributed by atoms with E-state index < -0.39 is 5.97 Å². The average Bonchev–Trinajstić information content (AvgIpc) is 2.88. The summed E-state index contributed by atoms with van der Waals surface area (Å²) < 4.78 is 0. The highest BCUT2D eigenvalue weighted by molar-refractivity contribution is 7.18. The molecule has 1 aromatic heterocycles. The number of amides is 1. The SMILES string of the molecule is Cc1cc(NC(=O)CC2C=CCC2)sc1C(=O)O. The minimum absolute atomic E-state index is 0.0512. The predicted octanol–water partition coefficient (Wildman–Crippen LogP) is 3.05. The summed E-state index contributed by atoms with van der Waals surface area (Å²) in [6.07, 6.45) is 6.70. The van der Waals surface area contributed by atoms with Gasteiger partial charge in [-0.05, 0) is 37.3 Å². The highest BCUT2D eigenvalue weighted by atomic mass is 32.1. The molecule has 1 heterocycles. The molecule has 5 heteroatoms. The number of thiophene rings is 1. The van der Waals surface area contributed by atoms with E-state index in [1.54, 1.807) is 13.0 Å². The van der Waals surface area contributed by atoms with Crippen molar-refractivity contribution in [3.05, 3.63) is 28.7 Å². The quantitative estimate of drug-likeness (QED) is 0.822. The first-order chi connectivity index (χ1) is 8.56. The molecule has 0 saturated heterocycles. The van der Waals surface area contributed by atoms with E-state index >= 15 is 0 Å². The molecule has 1 atom stereocenters. The predicted molar refractivity (Wildman–Crippen MR) is 71.1 cm³/mol. The molecule has 96 valence electrons. The van der Waals surface area contributed by atoms with Gasteiger partial charge in [-0.25, -0.2) is 4.79 Å². The Kier molecular flexibility index (Phi) is 3.81. The van der Waals surface area contributed by atoms with E-state index in [1.807, 2.05) is 0 Å². The van der Waals surface area contributed by atoms with E-state index in [1.165, 1.54) is 0 Å². The Labute approximate surface area is 109 Å². The van der Waals surface area contributed by atoms with Crippen LogP contribution in [0.3, 0.4) is 0 Å². The lowest BCUT2D eigenvalue weighted by molar-refractivity contribution is -0.116. The number of hydrogen-bond acceptors (Lipinski definition) is 3. The molecule has 0 bridgehead atoms. The lowest BCUT2D eigenvalue weighted by Crippen LogP contribution is -2.13. The molecule has 1 aliphatic carbocycles. The molecule has 18 heavy (non-hydrogen) atoms. The summed E-state index contributed by atoms with van der Waals surface area (Å²) in [5, 5.41) is 12.3. The minimum Gasteiger partial charge on any atom is -0.477 e. The van der Waals surface area contributed by atoms with E-state index in [0.29, 0.717) is 22.9 Å². The molecule has 1 unspecified atom stereocenters. The van der Waals surface area contributed by atoms with Crippen LogP contribution in [0.25, 0.3) is 0 Å². The molecule has 0 fully saturated rings. The third-order valence-electron chi connectivity index (χ3n) is 2.93. The number of aromatic carboxylic acids is 1. The van der Waals surface area contributed by atoms with Gasteiger partial charge in [0.2, 0.25) is 5.91 Å². The van der Waals surface area contributed by atoms with Crippen molar-refractivity contribution in [2.75, 3.05) is 5.32 Å². The van der Waals surface area contributed by atoms with Gasteiger partial charge in [-0.1, -0.05) is 12.2 Å². The minimum atomic E-state index is -0.947. The molecule has 2 rings (SSSR count). The first-order valence-electron chi connectivity index (χ1n) is 5.86. The molecule has 1 aromatic rings. The van der Waals surface area contributed by atoms with Gasteiger partial charge >= 0.3 is 5.97 Å². The van der Waals surface area contributed by atoms with Crippen LogP contribution in [-0.2, 0) is 4.79 Å². The maximum atomic E-state index is 11.8. The van der Waals surface area contributed by atoms with Crippen LogP contribution in [0.4, 0.5) is 5.00 Å². The fraction of sp³-hybridized carbons (Fsp3) is 0.385. The monoisotopic (exact) mass is 265 g/mol. The number of aryl methyl sites for hydroxylation is 1. The van der Waals surface area contributed by atoms with Crippen LogP contribution in [0, 0.1) is 12.8 Å². The highest BCUT2D eigenvalue weighted by Gasteiger charge is 2.16. The largest absolute Gasteiger partial charge is 0.477 e. The lowest BCUT2D eigenvalue weighted by Gasteiger charge is -2.06. The highest BCUT2D eigenvalue weighted by Crippen LogP contribution is 2.27. The van der Waals surface area contributed by atoms with E-state index in [2.05, 4.69) is 17.5 Å². The Bertz CT molecular complexity index is 504. The third kappa shape index (κ3) is 2.98. The number of carbonyl (C=O) groups excluding carboxylic acids is 1. The van der Waals surface area contributed by atoms with Crippen molar-refractivity contribution in [2.24, 2.45) is 5.92 Å². The van der Waals surface area contributed by atoms with Crippen molar-refractivity contribution < 1.29 is 14.7 Å². The molecular weight excluding hydrogens is 250 g/mol. The summed E-state index contributed by atoms with van der Waals surface area (Å²) in [5.74, 6) is -0.675. The Morgan fingerprint density at radius 2 is 2.33 bits per heavy atom. The maximum Gasteiger partial charge on any atom is 0.346 e. The van der Waals surface area contributed by atoms with Crippen molar-refractivity contribution in [1.29, 1.82) is 0 Å². The van der Waals surface area contributed by atoms with Crippen LogP contribution in [-0.4, -0.2) is 17.0 Å². The zero-order valence-corrected chi connectivity index (χ0v) is 10.9. The van der Waals surface area contributed by atoms with Crippen molar-refractivity contribution >= 4 is 28.2 Å². The molecule has 2 N–H and O–H groups in total. The zero-order valence-electron chi connectivity index (χ0n) is 10.1. The zero-order chi connectivity index (χ0) is 13.1. The molecule has 4 nitrogen and oxygen atoms in total. The number of carboxylic acids is 1. The second-order valence-corrected chi connectivity index (χ2v) is 5.50. The molecule has 0 saturated carbocycles. The summed E-state index contributed by atoms with van der Waals surface area (Å²) >= 11 is 1.10. The van der Waals surface area contributed by atoms with Gasteiger partial charge in [-0.3, -0.25) is 4.79 Å². The van der Waals surface area contributed by atoms with Gasteiger partial charge in [0, 0.05) is 6.42 Å². The second-order valence-electron chi connectivity index (χ2n) is 4.45. The topological polar surface area (TPSA) is 66.4 Å². The maximum absolute atomic E-state index is 11.8. The van der Waals surface area contributed by atoms with Gasteiger partial charge in [0.15, 0.2) is 0 Å². The third-order valence-corrected chi connectivity index (χ3v) is 4.08. The van der Waals surface area contributed by atoms with Crippen LogP contribution >= 0.6 is 11.3 Å². The summed E-state index contributed by atoms with van der Waals surface area (Å²) in [5.41, 5.74) is 0.684. The van der Waals surface area contributed by atoms with Crippen molar-refractivity contribution in [3.8, 4) is 0 Å². The van der Waals surface area contributed by atoms with Gasteiger partial charge in [0.1, 0.15) is 4.88 Å². The summed E-state index contributed by atoms with van der Waals surface area (Å²) in [4.78, 5) is 22.9. The molecular formula is C13H15NO3S. The van der Waals surface area contributed by atoms with Crippen LogP contribution in [0.1, 0.15) is 34.5 Å². The van der Waals surface area contributed by atoms with Gasteiger partial charge in [0.25, 0.3) is 0 Å². The average molecular weight is 265 g/mol. The number of anilines is 1. The van der Waals surface area contributed by atoms with Gasteiger partial charge in [-0.2, -0.15) is 0 Å². The summed E-state index contributed by atoms with van der Waals surface area (Å²) in [6.45, 7) is 1.73. The van der Waals surface area contributed by atoms with Gasteiger partial charge < -0.3 is 10.4 Å². The molecule has 1 amide bonds. The lowest BCUT2D eigenvalue weighted by atomic mass is 10.1. The number of nitrogens with one attached hydrogen (secondary N) is 1.